The van der Waals surface area contributed by atoms with E-state index in [0.29, 0.717) is 23.1 Å². The molecule has 1 N–H and O–H groups in total. The summed E-state index contributed by atoms with van der Waals surface area (Å²) in [5.41, 5.74) is 1.55. The van der Waals surface area contributed by atoms with Gasteiger partial charge in [0.2, 0.25) is 5.91 Å². The molecule has 0 saturated heterocycles. The second-order valence-corrected chi connectivity index (χ2v) is 6.57. The number of nitrogens with zero attached hydrogens (tertiary/aromatic N) is 4. The van der Waals surface area contributed by atoms with Gasteiger partial charge in [0, 0.05) is 12.6 Å². The number of hydrogen-bond acceptors (Lipinski definition) is 3. The standard InChI is InChI=1S/C17H16Cl2FN5O/c1-11-14(18)8-21-25(11)6-5-16(26)22-17-15(19)10-24(23-17)9-12-3-2-4-13(20)7-12/h2-4,7-8,10H,5-6,9H2,1H3,(H,22,23,26). The van der Waals surface area contributed by atoms with Crippen molar-refractivity contribution in [2.24, 2.45) is 0 Å². The lowest BCUT2D eigenvalue weighted by atomic mass is 10.2. The molecule has 9 heteroatoms. The molecule has 26 heavy (non-hydrogen) atoms. The van der Waals surface area contributed by atoms with E-state index in [1.165, 1.54) is 12.1 Å². The van der Waals surface area contributed by atoms with Crippen LogP contribution in [-0.4, -0.2) is 25.5 Å². The Labute approximate surface area is 159 Å². The predicted molar refractivity (Wildman–Crippen MR) is 98.0 cm³/mol. The summed E-state index contributed by atoms with van der Waals surface area (Å²) in [6.45, 7) is 2.57. The van der Waals surface area contributed by atoms with Gasteiger partial charge in [-0.15, -0.1) is 0 Å². The first kappa shape index (κ1) is 18.4. The van der Waals surface area contributed by atoms with Gasteiger partial charge >= 0.3 is 0 Å². The summed E-state index contributed by atoms with van der Waals surface area (Å²) in [4.78, 5) is 12.1. The summed E-state index contributed by atoms with van der Waals surface area (Å²) in [5, 5.41) is 11.9. The molecular weight excluding hydrogens is 380 g/mol. The van der Waals surface area contributed by atoms with Crippen LogP contribution in [0.4, 0.5) is 10.2 Å². The third-order valence-corrected chi connectivity index (χ3v) is 4.45. The van der Waals surface area contributed by atoms with Gasteiger partial charge in [-0.25, -0.2) is 4.39 Å². The van der Waals surface area contributed by atoms with E-state index in [9.17, 15) is 9.18 Å². The third kappa shape index (κ3) is 4.42. The van der Waals surface area contributed by atoms with Crippen LogP contribution in [0.25, 0.3) is 0 Å². The van der Waals surface area contributed by atoms with Gasteiger partial charge in [-0.05, 0) is 24.6 Å². The first-order valence-corrected chi connectivity index (χ1v) is 8.63. The number of carbonyl (C=O) groups is 1. The van der Waals surface area contributed by atoms with Crippen LogP contribution in [0, 0.1) is 12.7 Å². The summed E-state index contributed by atoms with van der Waals surface area (Å²) in [6, 6.07) is 6.21. The summed E-state index contributed by atoms with van der Waals surface area (Å²) in [6.07, 6.45) is 3.32. The number of amides is 1. The highest BCUT2D eigenvalue weighted by Gasteiger charge is 2.12. The molecule has 6 nitrogen and oxygen atoms in total. The van der Waals surface area contributed by atoms with E-state index in [-0.39, 0.29) is 24.0 Å². The molecule has 0 saturated carbocycles. The normalized spacial score (nSPS) is 10.9. The van der Waals surface area contributed by atoms with Crippen LogP contribution in [0.3, 0.4) is 0 Å². The number of nitrogens with one attached hydrogen (secondary N) is 1. The van der Waals surface area contributed by atoms with Gasteiger partial charge in [-0.1, -0.05) is 35.3 Å². The lowest BCUT2D eigenvalue weighted by Gasteiger charge is -2.05. The fraction of sp³-hybridized carbons (Fsp3) is 0.235. The molecule has 0 unspecified atom stereocenters. The maximum atomic E-state index is 13.3. The van der Waals surface area contributed by atoms with Crippen molar-refractivity contribution in [2.45, 2.75) is 26.4 Å². The van der Waals surface area contributed by atoms with Gasteiger partial charge in [0.15, 0.2) is 5.82 Å². The van der Waals surface area contributed by atoms with Crippen molar-refractivity contribution in [3.63, 3.8) is 0 Å². The molecule has 0 radical (unpaired) electrons. The fourth-order valence-corrected chi connectivity index (χ4v) is 2.78. The lowest BCUT2D eigenvalue weighted by molar-refractivity contribution is -0.116. The highest BCUT2D eigenvalue weighted by atomic mass is 35.5. The van der Waals surface area contributed by atoms with Crippen LogP contribution < -0.4 is 5.32 Å². The zero-order valence-electron chi connectivity index (χ0n) is 13.9. The SMILES string of the molecule is Cc1c(Cl)cnn1CCC(=O)Nc1nn(Cc2cccc(F)c2)cc1Cl. The van der Waals surface area contributed by atoms with Gasteiger partial charge in [-0.3, -0.25) is 14.2 Å². The molecule has 2 heterocycles. The summed E-state index contributed by atoms with van der Waals surface area (Å²) in [7, 11) is 0. The van der Waals surface area contributed by atoms with Gasteiger partial charge in [0.1, 0.15) is 10.8 Å². The monoisotopic (exact) mass is 395 g/mol. The molecule has 0 bridgehead atoms. The number of aryl methyl sites for hydroxylation is 1. The van der Waals surface area contributed by atoms with Crippen molar-refractivity contribution in [1.82, 2.24) is 19.6 Å². The van der Waals surface area contributed by atoms with E-state index in [2.05, 4.69) is 15.5 Å². The van der Waals surface area contributed by atoms with Crippen molar-refractivity contribution in [3.05, 3.63) is 63.8 Å². The first-order valence-electron chi connectivity index (χ1n) is 7.87. The molecule has 0 aliphatic heterocycles. The molecule has 136 valence electrons. The number of aromatic nitrogens is 4. The Morgan fingerprint density at radius 3 is 2.81 bits per heavy atom. The molecule has 0 atom stereocenters. The Morgan fingerprint density at radius 1 is 1.31 bits per heavy atom. The Hall–Kier alpha value is -2.38. The largest absolute Gasteiger partial charge is 0.308 e. The van der Waals surface area contributed by atoms with Crippen molar-refractivity contribution in [2.75, 3.05) is 5.32 Å². The minimum Gasteiger partial charge on any atom is -0.308 e. The van der Waals surface area contributed by atoms with Gasteiger partial charge in [0.25, 0.3) is 0 Å². The third-order valence-electron chi connectivity index (χ3n) is 3.80. The average Bonchev–Trinajstić information content (AvgIpc) is 3.09. The molecule has 3 aromatic rings. The minimum atomic E-state index is -0.316. The Bertz CT molecular complexity index is 937. The number of benzene rings is 1. The van der Waals surface area contributed by atoms with Crippen LogP contribution in [-0.2, 0) is 17.9 Å². The summed E-state index contributed by atoms with van der Waals surface area (Å²) >= 11 is 12.1. The van der Waals surface area contributed by atoms with Crippen molar-refractivity contribution in [3.8, 4) is 0 Å². The Kier molecular flexibility index (Phi) is 5.58. The summed E-state index contributed by atoms with van der Waals surface area (Å²) < 4.78 is 16.5. The molecule has 0 aliphatic rings. The van der Waals surface area contributed by atoms with Crippen molar-refractivity contribution < 1.29 is 9.18 Å². The van der Waals surface area contributed by atoms with E-state index >= 15 is 0 Å². The molecule has 3 rings (SSSR count). The molecule has 0 aliphatic carbocycles. The molecule has 0 spiro atoms. The van der Waals surface area contributed by atoms with E-state index < -0.39 is 0 Å². The zero-order valence-corrected chi connectivity index (χ0v) is 15.4. The zero-order chi connectivity index (χ0) is 18.7. The van der Waals surface area contributed by atoms with Crippen molar-refractivity contribution >= 4 is 34.9 Å². The minimum absolute atomic E-state index is 0.200. The number of hydrogen-bond donors (Lipinski definition) is 1. The molecule has 0 fully saturated rings. The second kappa shape index (κ2) is 7.88. The fourth-order valence-electron chi connectivity index (χ4n) is 2.44. The lowest BCUT2D eigenvalue weighted by Crippen LogP contribution is -2.16. The van der Waals surface area contributed by atoms with Gasteiger partial charge < -0.3 is 5.32 Å². The van der Waals surface area contributed by atoms with Crippen LogP contribution >= 0.6 is 23.2 Å². The van der Waals surface area contributed by atoms with E-state index in [0.717, 1.165) is 11.3 Å². The molecule has 2 aromatic heterocycles. The van der Waals surface area contributed by atoms with Crippen LogP contribution in [0.15, 0.2) is 36.7 Å². The highest BCUT2D eigenvalue weighted by molar-refractivity contribution is 6.33. The first-order chi connectivity index (χ1) is 12.4. The number of rotatable bonds is 6. The van der Waals surface area contributed by atoms with Gasteiger partial charge in [-0.2, -0.15) is 10.2 Å². The van der Waals surface area contributed by atoms with Crippen molar-refractivity contribution in [1.29, 1.82) is 0 Å². The molecule has 1 aromatic carbocycles. The smallest absolute Gasteiger partial charge is 0.227 e. The van der Waals surface area contributed by atoms with Crippen LogP contribution in [0.5, 0.6) is 0 Å². The topological polar surface area (TPSA) is 64.7 Å². The van der Waals surface area contributed by atoms with Gasteiger partial charge in [0.05, 0.1) is 30.0 Å². The maximum absolute atomic E-state index is 13.3. The quantitative estimate of drug-likeness (QED) is 0.687. The second-order valence-electron chi connectivity index (χ2n) is 5.75. The number of anilines is 1. The highest BCUT2D eigenvalue weighted by Crippen LogP contribution is 2.20. The van der Waals surface area contributed by atoms with E-state index in [1.54, 1.807) is 33.9 Å². The molecule has 1 amide bonds. The van der Waals surface area contributed by atoms with E-state index in [1.807, 2.05) is 6.92 Å². The average molecular weight is 396 g/mol. The maximum Gasteiger partial charge on any atom is 0.227 e. The number of carbonyl (C=O) groups excluding carboxylic acids is 1. The van der Waals surface area contributed by atoms with Crippen LogP contribution in [0.2, 0.25) is 10.0 Å². The molecular formula is C17H16Cl2FN5O. The van der Waals surface area contributed by atoms with E-state index in [4.69, 9.17) is 23.2 Å². The Balaban J connectivity index is 1.60. The predicted octanol–water partition coefficient (Wildman–Crippen LogP) is 3.91. The summed E-state index contributed by atoms with van der Waals surface area (Å²) in [5.74, 6) is -0.291. The number of halogens is 3. The van der Waals surface area contributed by atoms with Crippen LogP contribution in [0.1, 0.15) is 17.7 Å². The Morgan fingerprint density at radius 2 is 2.12 bits per heavy atom.